The monoisotopic (exact) mass is 134 g/mol. The van der Waals surface area contributed by atoms with Crippen molar-refractivity contribution in [2.24, 2.45) is 5.73 Å². The van der Waals surface area contributed by atoms with Crippen molar-refractivity contribution in [3.63, 3.8) is 0 Å². The van der Waals surface area contributed by atoms with Crippen LogP contribution in [-0.2, 0) is 0 Å². The highest BCUT2D eigenvalue weighted by Gasteiger charge is 1.97. The van der Waals surface area contributed by atoms with Gasteiger partial charge in [0.25, 0.3) is 0 Å². The molecule has 4 heteroatoms. The van der Waals surface area contributed by atoms with Crippen LogP contribution in [0.3, 0.4) is 0 Å². The molecule has 0 bridgehead atoms. The molecule has 1 atom stereocenters. The maximum Gasteiger partial charge on any atom is 0.0894 e. The summed E-state index contributed by atoms with van der Waals surface area (Å²) in [6.45, 7) is 1.44. The molecule has 0 aromatic rings. The van der Waals surface area contributed by atoms with Crippen molar-refractivity contribution >= 4 is 0 Å². The number of hydrogen-bond donors (Lipinski definition) is 4. The van der Waals surface area contributed by atoms with Crippen LogP contribution in [0.15, 0.2) is 0 Å². The van der Waals surface area contributed by atoms with Gasteiger partial charge in [-0.05, 0) is 0 Å². The minimum Gasteiger partial charge on any atom is -0.394 e. The normalized spacial score (nSPS) is 13.7. The van der Waals surface area contributed by atoms with Crippen LogP contribution < -0.4 is 11.1 Å². The van der Waals surface area contributed by atoms with E-state index in [1.807, 2.05) is 0 Å². The molecule has 5 N–H and O–H groups in total. The van der Waals surface area contributed by atoms with Crippen molar-refractivity contribution < 1.29 is 10.2 Å². The molecule has 0 spiro atoms. The lowest BCUT2D eigenvalue weighted by Crippen LogP contribution is -2.32. The molecule has 0 aliphatic rings. The summed E-state index contributed by atoms with van der Waals surface area (Å²) in [7, 11) is 0. The van der Waals surface area contributed by atoms with E-state index in [0.29, 0.717) is 19.6 Å². The van der Waals surface area contributed by atoms with Gasteiger partial charge in [-0.25, -0.2) is 0 Å². The van der Waals surface area contributed by atoms with Gasteiger partial charge in [0.05, 0.1) is 12.7 Å². The Labute approximate surface area is 54.7 Å². The minimum atomic E-state index is -0.656. The molecule has 0 aromatic heterocycles. The van der Waals surface area contributed by atoms with E-state index in [0.717, 1.165) is 0 Å². The zero-order valence-electron chi connectivity index (χ0n) is 5.38. The minimum absolute atomic E-state index is 0.197. The first-order chi connectivity index (χ1) is 4.31. The van der Waals surface area contributed by atoms with Crippen LogP contribution in [-0.4, -0.2) is 42.6 Å². The number of rotatable bonds is 5. The van der Waals surface area contributed by atoms with Gasteiger partial charge in [0.15, 0.2) is 0 Å². The van der Waals surface area contributed by atoms with Gasteiger partial charge < -0.3 is 21.3 Å². The summed E-state index contributed by atoms with van der Waals surface area (Å²) in [6, 6.07) is 0. The first kappa shape index (κ1) is 8.84. The van der Waals surface area contributed by atoms with Crippen LogP contribution in [0.1, 0.15) is 0 Å². The summed E-state index contributed by atoms with van der Waals surface area (Å²) < 4.78 is 0. The topological polar surface area (TPSA) is 78.5 Å². The molecule has 0 rings (SSSR count). The third-order valence-electron chi connectivity index (χ3n) is 0.912. The predicted molar refractivity (Wildman–Crippen MR) is 35.0 cm³/mol. The van der Waals surface area contributed by atoms with Gasteiger partial charge in [0.2, 0.25) is 0 Å². The number of aliphatic hydroxyl groups excluding tert-OH is 2. The fourth-order valence-corrected chi connectivity index (χ4v) is 0.435. The van der Waals surface area contributed by atoms with Gasteiger partial charge in [-0.15, -0.1) is 0 Å². The van der Waals surface area contributed by atoms with Crippen molar-refractivity contribution in [2.75, 3.05) is 26.2 Å². The third kappa shape index (κ3) is 5.72. The zero-order valence-corrected chi connectivity index (χ0v) is 5.38. The Morgan fingerprint density at radius 3 is 2.67 bits per heavy atom. The Morgan fingerprint density at radius 2 is 2.22 bits per heavy atom. The van der Waals surface area contributed by atoms with E-state index in [-0.39, 0.29) is 6.61 Å². The van der Waals surface area contributed by atoms with Gasteiger partial charge in [-0.3, -0.25) is 0 Å². The lowest BCUT2D eigenvalue weighted by atomic mass is 10.4. The predicted octanol–water partition coefficient (Wildman–Crippen LogP) is -2.11. The van der Waals surface area contributed by atoms with Crippen LogP contribution in [0.5, 0.6) is 0 Å². The van der Waals surface area contributed by atoms with E-state index in [1.165, 1.54) is 0 Å². The zero-order chi connectivity index (χ0) is 7.11. The Kier molecular flexibility index (Phi) is 5.86. The second-order valence-electron chi connectivity index (χ2n) is 1.83. The molecule has 0 aliphatic carbocycles. The quantitative estimate of drug-likeness (QED) is 0.324. The summed E-state index contributed by atoms with van der Waals surface area (Å²) in [5, 5.41) is 19.9. The average Bonchev–Trinajstić information content (AvgIpc) is 1.89. The molecular weight excluding hydrogens is 120 g/mol. The first-order valence-electron chi connectivity index (χ1n) is 3.01. The fourth-order valence-electron chi connectivity index (χ4n) is 0.435. The van der Waals surface area contributed by atoms with Gasteiger partial charge in [-0.2, -0.15) is 0 Å². The van der Waals surface area contributed by atoms with Gasteiger partial charge in [-0.1, -0.05) is 0 Å². The molecule has 0 heterocycles. The largest absolute Gasteiger partial charge is 0.394 e. The molecule has 0 saturated heterocycles. The second kappa shape index (κ2) is 5.97. The summed E-state index contributed by atoms with van der Waals surface area (Å²) in [4.78, 5) is 0. The smallest absolute Gasteiger partial charge is 0.0894 e. The Hall–Kier alpha value is -0.160. The van der Waals surface area contributed by atoms with Crippen LogP contribution in [0.4, 0.5) is 0 Å². The lowest BCUT2D eigenvalue weighted by molar-refractivity contribution is 0.0948. The number of aliphatic hydroxyl groups is 2. The molecular formula is C5H14N2O2. The highest BCUT2D eigenvalue weighted by Crippen LogP contribution is 1.74. The average molecular weight is 134 g/mol. The van der Waals surface area contributed by atoms with Crippen LogP contribution in [0, 0.1) is 0 Å². The highest BCUT2D eigenvalue weighted by molar-refractivity contribution is 4.56. The number of nitrogens with two attached hydrogens (primary N) is 1. The SMILES string of the molecule is NCCNC[C@@H](O)CO. The Balaban J connectivity index is 2.88. The summed E-state index contributed by atoms with van der Waals surface area (Å²) in [5.41, 5.74) is 5.15. The Bertz CT molecular complexity index is 60.9. The van der Waals surface area contributed by atoms with E-state index in [1.54, 1.807) is 0 Å². The Morgan fingerprint density at radius 1 is 1.56 bits per heavy atom. The maximum absolute atomic E-state index is 8.73. The molecule has 0 radical (unpaired) electrons. The van der Waals surface area contributed by atoms with Gasteiger partial charge in [0.1, 0.15) is 0 Å². The molecule has 0 aliphatic heterocycles. The van der Waals surface area contributed by atoms with E-state index in [4.69, 9.17) is 15.9 Å². The summed E-state index contributed by atoms with van der Waals surface area (Å²) >= 11 is 0. The molecule has 0 fully saturated rings. The molecule has 4 nitrogen and oxygen atoms in total. The lowest BCUT2D eigenvalue weighted by Gasteiger charge is -2.06. The fraction of sp³-hybridized carbons (Fsp3) is 1.00. The second-order valence-corrected chi connectivity index (χ2v) is 1.83. The molecule has 0 saturated carbocycles. The molecule has 0 amide bonds. The van der Waals surface area contributed by atoms with Gasteiger partial charge >= 0.3 is 0 Å². The highest BCUT2D eigenvalue weighted by atomic mass is 16.3. The van der Waals surface area contributed by atoms with Crippen LogP contribution in [0.2, 0.25) is 0 Å². The standard InChI is InChI=1S/C5H14N2O2/c6-1-2-7-3-5(9)4-8/h5,7-9H,1-4,6H2/t5-/m1/s1. The molecule has 9 heavy (non-hydrogen) atoms. The van der Waals surface area contributed by atoms with E-state index < -0.39 is 6.10 Å². The number of nitrogens with one attached hydrogen (secondary N) is 1. The number of hydrogen-bond acceptors (Lipinski definition) is 4. The van der Waals surface area contributed by atoms with Crippen molar-refractivity contribution in [1.29, 1.82) is 0 Å². The first-order valence-corrected chi connectivity index (χ1v) is 3.01. The van der Waals surface area contributed by atoms with Crippen LogP contribution >= 0.6 is 0 Å². The van der Waals surface area contributed by atoms with Crippen molar-refractivity contribution in [1.82, 2.24) is 5.32 Å². The van der Waals surface area contributed by atoms with Crippen LogP contribution in [0.25, 0.3) is 0 Å². The van der Waals surface area contributed by atoms with E-state index >= 15 is 0 Å². The van der Waals surface area contributed by atoms with E-state index in [2.05, 4.69) is 5.32 Å². The molecule has 0 aromatic carbocycles. The molecule has 56 valence electrons. The van der Waals surface area contributed by atoms with Crippen molar-refractivity contribution in [3.8, 4) is 0 Å². The maximum atomic E-state index is 8.73. The molecule has 0 unspecified atom stereocenters. The third-order valence-corrected chi connectivity index (χ3v) is 0.912. The van der Waals surface area contributed by atoms with Crippen molar-refractivity contribution in [2.45, 2.75) is 6.10 Å². The van der Waals surface area contributed by atoms with E-state index in [9.17, 15) is 0 Å². The summed E-state index contributed by atoms with van der Waals surface area (Å²) in [5.74, 6) is 0. The van der Waals surface area contributed by atoms with Crippen molar-refractivity contribution in [3.05, 3.63) is 0 Å². The summed E-state index contributed by atoms with van der Waals surface area (Å²) in [6.07, 6.45) is -0.656. The van der Waals surface area contributed by atoms with Gasteiger partial charge in [0, 0.05) is 19.6 Å².